The number of halogens is 1. The largest absolute Gasteiger partial charge is 0.241 e. The molecule has 4 nitrogen and oxygen atoms in total. The summed E-state index contributed by atoms with van der Waals surface area (Å²) in [5, 5.41) is 9.12. The highest BCUT2D eigenvalue weighted by atomic mass is 32.2. The normalized spacial score (nSPS) is 23.8. The van der Waals surface area contributed by atoms with Gasteiger partial charge in [-0.05, 0) is 36.4 Å². The molecule has 18 heavy (non-hydrogen) atoms. The van der Waals surface area contributed by atoms with Gasteiger partial charge in [-0.2, -0.15) is 21.7 Å². The van der Waals surface area contributed by atoms with Gasteiger partial charge in [-0.3, -0.25) is 0 Å². The molecule has 1 aromatic carbocycles. The summed E-state index contributed by atoms with van der Waals surface area (Å²) in [7, 11) is -3.78. The molecule has 1 atom stereocenters. The van der Waals surface area contributed by atoms with Gasteiger partial charge < -0.3 is 0 Å². The summed E-state index contributed by atoms with van der Waals surface area (Å²) >= 11 is 1.53. The zero-order valence-electron chi connectivity index (χ0n) is 9.39. The van der Waals surface area contributed by atoms with E-state index in [2.05, 4.69) is 4.72 Å². The fourth-order valence-electron chi connectivity index (χ4n) is 1.69. The third-order valence-electron chi connectivity index (χ3n) is 2.69. The van der Waals surface area contributed by atoms with Crippen molar-refractivity contribution in [2.24, 2.45) is 0 Å². The summed E-state index contributed by atoms with van der Waals surface area (Å²) in [4.78, 5) is -0.0320. The van der Waals surface area contributed by atoms with E-state index in [-0.39, 0.29) is 4.90 Å². The summed E-state index contributed by atoms with van der Waals surface area (Å²) in [6.07, 6.45) is 0.481. The molecule has 0 saturated carbocycles. The summed E-state index contributed by atoms with van der Waals surface area (Å²) in [6, 6.07) is 6.56. The number of nitrogens with zero attached hydrogens (tertiary/aromatic N) is 1. The number of hydrogen-bond acceptors (Lipinski definition) is 4. The van der Waals surface area contributed by atoms with Crippen molar-refractivity contribution < 1.29 is 12.8 Å². The Morgan fingerprint density at radius 2 is 2.06 bits per heavy atom. The molecule has 96 valence electrons. The lowest BCUT2D eigenvalue weighted by molar-refractivity contribution is 0.514. The van der Waals surface area contributed by atoms with Gasteiger partial charge in [-0.15, -0.1) is 0 Å². The van der Waals surface area contributed by atoms with E-state index in [1.54, 1.807) is 0 Å². The minimum absolute atomic E-state index is 0.0320. The van der Waals surface area contributed by atoms with E-state index in [0.717, 1.165) is 17.9 Å². The number of thioether (sulfide) groups is 1. The van der Waals surface area contributed by atoms with Crippen LogP contribution < -0.4 is 4.72 Å². The van der Waals surface area contributed by atoms with E-state index in [0.29, 0.717) is 12.2 Å². The molecule has 0 spiro atoms. The minimum atomic E-state index is -3.78. The maximum absolute atomic E-state index is 12.8. The summed E-state index contributed by atoms with van der Waals surface area (Å²) in [5.74, 6) is 0.684. The van der Waals surface area contributed by atoms with Crippen molar-refractivity contribution >= 4 is 21.8 Å². The van der Waals surface area contributed by atoms with Crippen molar-refractivity contribution in [1.82, 2.24) is 4.72 Å². The molecule has 0 radical (unpaired) electrons. The molecule has 1 N–H and O–H groups in total. The molecule has 0 aromatic heterocycles. The van der Waals surface area contributed by atoms with Crippen LogP contribution in [0.15, 0.2) is 29.2 Å². The van der Waals surface area contributed by atoms with Crippen LogP contribution in [0, 0.1) is 17.1 Å². The van der Waals surface area contributed by atoms with E-state index in [1.807, 2.05) is 6.07 Å². The molecule has 0 amide bonds. The van der Waals surface area contributed by atoms with Crippen LogP contribution in [0.4, 0.5) is 4.39 Å². The SMILES string of the molecule is N#CC1(NS(=O)(=O)c2ccc(F)cc2)CCSC1. The first-order valence-corrected chi connectivity index (χ1v) is 7.90. The van der Waals surface area contributed by atoms with Crippen LogP contribution in [0.2, 0.25) is 0 Å². The van der Waals surface area contributed by atoms with Gasteiger partial charge in [0.05, 0.1) is 11.0 Å². The zero-order valence-corrected chi connectivity index (χ0v) is 11.0. The molecule has 1 aliphatic heterocycles. The average molecular weight is 286 g/mol. The molecule has 1 heterocycles. The van der Waals surface area contributed by atoms with E-state index in [4.69, 9.17) is 5.26 Å². The summed E-state index contributed by atoms with van der Waals surface area (Å²) < 4.78 is 39.3. The zero-order chi connectivity index (χ0) is 13.2. The molecule has 0 aliphatic carbocycles. The molecular weight excluding hydrogens is 275 g/mol. The fourth-order valence-corrected chi connectivity index (χ4v) is 4.39. The van der Waals surface area contributed by atoms with Gasteiger partial charge in [0.2, 0.25) is 10.0 Å². The van der Waals surface area contributed by atoms with Gasteiger partial charge in [-0.1, -0.05) is 0 Å². The van der Waals surface area contributed by atoms with Crippen molar-refractivity contribution in [1.29, 1.82) is 5.26 Å². The van der Waals surface area contributed by atoms with Gasteiger partial charge in [0.15, 0.2) is 0 Å². The highest BCUT2D eigenvalue weighted by Gasteiger charge is 2.38. The van der Waals surface area contributed by atoms with Gasteiger partial charge in [0.25, 0.3) is 0 Å². The van der Waals surface area contributed by atoms with Crippen LogP contribution in [0.1, 0.15) is 6.42 Å². The second-order valence-electron chi connectivity index (χ2n) is 4.06. The van der Waals surface area contributed by atoms with Crippen LogP contribution in [-0.4, -0.2) is 25.5 Å². The van der Waals surface area contributed by atoms with E-state index >= 15 is 0 Å². The minimum Gasteiger partial charge on any atom is -0.207 e. The second kappa shape index (κ2) is 4.88. The molecule has 7 heteroatoms. The summed E-state index contributed by atoms with van der Waals surface area (Å²) in [5.41, 5.74) is -1.04. The van der Waals surface area contributed by atoms with Gasteiger partial charge in [-0.25, -0.2) is 12.8 Å². The quantitative estimate of drug-likeness (QED) is 0.914. The Balaban J connectivity index is 2.27. The van der Waals surface area contributed by atoms with E-state index < -0.39 is 21.4 Å². The van der Waals surface area contributed by atoms with E-state index in [1.165, 1.54) is 23.9 Å². The Labute approximate surface area is 109 Å². The van der Waals surface area contributed by atoms with Crippen LogP contribution in [-0.2, 0) is 10.0 Å². The molecular formula is C11H11FN2O2S2. The molecule has 1 fully saturated rings. The van der Waals surface area contributed by atoms with E-state index in [9.17, 15) is 12.8 Å². The van der Waals surface area contributed by atoms with Gasteiger partial charge in [0, 0.05) is 5.75 Å². The third kappa shape index (κ3) is 2.66. The number of benzene rings is 1. The lowest BCUT2D eigenvalue weighted by Crippen LogP contribution is -2.47. The monoisotopic (exact) mass is 286 g/mol. The standard InChI is InChI=1S/C11H11FN2O2S2/c12-9-1-3-10(4-2-9)18(15,16)14-11(7-13)5-6-17-8-11/h1-4,14H,5-6,8H2. The van der Waals surface area contributed by atoms with Crippen molar-refractivity contribution in [2.45, 2.75) is 16.9 Å². The first-order chi connectivity index (χ1) is 8.47. The predicted molar refractivity (Wildman–Crippen MR) is 67.0 cm³/mol. The Morgan fingerprint density at radius 1 is 1.39 bits per heavy atom. The topological polar surface area (TPSA) is 70.0 Å². The van der Waals surface area contributed by atoms with Gasteiger partial charge in [0.1, 0.15) is 11.4 Å². The van der Waals surface area contributed by atoms with Crippen molar-refractivity contribution in [3.05, 3.63) is 30.1 Å². The smallest absolute Gasteiger partial charge is 0.207 e. The average Bonchev–Trinajstić information content (AvgIpc) is 2.78. The van der Waals surface area contributed by atoms with Crippen molar-refractivity contribution in [3.8, 4) is 6.07 Å². The predicted octanol–water partition coefficient (Wildman–Crippen LogP) is 1.50. The highest BCUT2D eigenvalue weighted by molar-refractivity contribution is 7.99. The number of nitrogens with one attached hydrogen (secondary N) is 1. The van der Waals surface area contributed by atoms with Crippen LogP contribution in [0.25, 0.3) is 0 Å². The number of rotatable bonds is 3. The highest BCUT2D eigenvalue weighted by Crippen LogP contribution is 2.29. The number of nitriles is 1. The lowest BCUT2D eigenvalue weighted by Gasteiger charge is -2.20. The van der Waals surface area contributed by atoms with Crippen molar-refractivity contribution in [3.63, 3.8) is 0 Å². The summed E-state index contributed by atoms with van der Waals surface area (Å²) in [6.45, 7) is 0. The molecule has 1 saturated heterocycles. The molecule has 0 bridgehead atoms. The maximum atomic E-state index is 12.8. The maximum Gasteiger partial charge on any atom is 0.241 e. The lowest BCUT2D eigenvalue weighted by atomic mass is 10.0. The second-order valence-corrected chi connectivity index (χ2v) is 6.84. The fraction of sp³-hybridized carbons (Fsp3) is 0.364. The first kappa shape index (κ1) is 13.3. The first-order valence-electron chi connectivity index (χ1n) is 5.26. The molecule has 2 rings (SSSR count). The van der Waals surface area contributed by atoms with Gasteiger partial charge >= 0.3 is 0 Å². The Bertz CT molecular complexity index is 572. The Hall–Kier alpha value is -1.10. The van der Waals surface area contributed by atoms with Crippen LogP contribution in [0.5, 0.6) is 0 Å². The Morgan fingerprint density at radius 3 is 2.56 bits per heavy atom. The van der Waals surface area contributed by atoms with Crippen LogP contribution >= 0.6 is 11.8 Å². The Kier molecular flexibility index (Phi) is 3.61. The van der Waals surface area contributed by atoms with Crippen molar-refractivity contribution in [2.75, 3.05) is 11.5 Å². The number of sulfonamides is 1. The third-order valence-corrected chi connectivity index (χ3v) is 5.43. The molecule has 1 aliphatic rings. The van der Waals surface area contributed by atoms with Crippen LogP contribution in [0.3, 0.4) is 0 Å². The molecule has 1 unspecified atom stereocenters. The molecule has 1 aromatic rings. The number of hydrogen-bond donors (Lipinski definition) is 1.